The fourth-order valence-electron chi connectivity index (χ4n) is 2.39. The first kappa shape index (κ1) is 15.9. The van der Waals surface area contributed by atoms with Gasteiger partial charge >= 0.3 is 0 Å². The van der Waals surface area contributed by atoms with E-state index in [4.69, 9.17) is 44.3 Å². The fourth-order valence-corrected chi connectivity index (χ4v) is 3.04. The molecule has 2 aromatic rings. The Balaban J connectivity index is 1.71. The highest BCUT2D eigenvalue weighted by atomic mass is 35.6. The Morgan fingerprint density at radius 1 is 1.05 bits per heavy atom. The molecule has 5 heteroatoms. The van der Waals surface area contributed by atoms with Crippen LogP contribution in [-0.4, -0.2) is 10.4 Å². The van der Waals surface area contributed by atoms with Gasteiger partial charge in [-0.05, 0) is 23.3 Å². The minimum Gasteiger partial charge on any atom is -0.489 e. The minimum atomic E-state index is -1.34. The van der Waals surface area contributed by atoms with Gasteiger partial charge < -0.3 is 9.47 Å². The first-order valence-electron chi connectivity index (χ1n) is 6.95. The van der Waals surface area contributed by atoms with E-state index in [9.17, 15) is 0 Å². The van der Waals surface area contributed by atoms with E-state index < -0.39 is 9.39 Å². The van der Waals surface area contributed by atoms with Crippen molar-refractivity contribution in [3.05, 3.63) is 65.7 Å². The summed E-state index contributed by atoms with van der Waals surface area (Å²) < 4.78 is 10.1. The van der Waals surface area contributed by atoms with Crippen LogP contribution in [0.1, 0.15) is 17.5 Å². The van der Waals surface area contributed by atoms with E-state index in [1.165, 1.54) is 0 Å². The summed E-state index contributed by atoms with van der Waals surface area (Å²) >= 11 is 17.7. The number of ether oxygens (including phenoxy) is 2. The van der Waals surface area contributed by atoms with Gasteiger partial charge in [0.1, 0.15) is 18.0 Å². The summed E-state index contributed by atoms with van der Waals surface area (Å²) in [5.74, 6) is 0.778. The predicted octanol–water partition coefficient (Wildman–Crippen LogP) is 5.25. The van der Waals surface area contributed by atoms with E-state index in [1.54, 1.807) is 0 Å². The number of rotatable bonds is 5. The zero-order valence-corrected chi connectivity index (χ0v) is 14.0. The Kier molecular flexibility index (Phi) is 4.56. The fraction of sp³-hybridized carbons (Fsp3) is 0.294. The molecular weight excluding hydrogens is 343 g/mol. The van der Waals surface area contributed by atoms with E-state index >= 15 is 0 Å². The average Bonchev–Trinajstić information content (AvgIpc) is 3.25. The van der Waals surface area contributed by atoms with Gasteiger partial charge in [-0.25, -0.2) is 0 Å². The maximum Gasteiger partial charge on any atom is 0.193 e. The molecule has 22 heavy (non-hydrogen) atoms. The molecule has 116 valence electrons. The second-order valence-corrected chi connectivity index (χ2v) is 7.89. The molecular formula is C17H15Cl3O2. The Labute approximate surface area is 144 Å². The molecule has 0 saturated carbocycles. The van der Waals surface area contributed by atoms with Gasteiger partial charge in [-0.1, -0.05) is 77.3 Å². The van der Waals surface area contributed by atoms with Crippen molar-refractivity contribution in [2.45, 2.75) is 22.4 Å². The molecule has 1 fully saturated rings. The Hall–Kier alpha value is -0.930. The molecule has 2 aromatic carbocycles. The first-order chi connectivity index (χ1) is 10.5. The Morgan fingerprint density at radius 2 is 1.77 bits per heavy atom. The number of epoxide rings is 1. The van der Waals surface area contributed by atoms with E-state index in [0.29, 0.717) is 19.6 Å². The molecule has 1 heterocycles. The quantitative estimate of drug-likeness (QED) is 0.538. The van der Waals surface area contributed by atoms with Crippen LogP contribution < -0.4 is 4.74 Å². The van der Waals surface area contributed by atoms with Crippen LogP contribution >= 0.6 is 34.8 Å². The molecule has 1 atom stereocenters. The highest BCUT2D eigenvalue weighted by molar-refractivity contribution is 6.67. The van der Waals surface area contributed by atoms with Gasteiger partial charge in [0, 0.05) is 6.42 Å². The molecule has 0 amide bonds. The minimum absolute atomic E-state index is 0.326. The average molecular weight is 358 g/mol. The summed E-state index contributed by atoms with van der Waals surface area (Å²) in [4.78, 5) is 0. The standard InChI is InChI=1S/C17H15Cl3O2/c18-17(19,20)11-16(12-22-16)14-7-4-8-15(9-14)21-10-13-5-2-1-3-6-13/h1-9H,10-12H2. The van der Waals surface area contributed by atoms with E-state index in [-0.39, 0.29) is 0 Å². The van der Waals surface area contributed by atoms with Crippen molar-refractivity contribution in [2.24, 2.45) is 0 Å². The number of hydrogen-bond acceptors (Lipinski definition) is 2. The molecule has 1 aliphatic heterocycles. The van der Waals surface area contributed by atoms with Crippen molar-refractivity contribution < 1.29 is 9.47 Å². The monoisotopic (exact) mass is 356 g/mol. The second kappa shape index (κ2) is 6.29. The zero-order chi connectivity index (χ0) is 15.6. The molecule has 1 aliphatic rings. The molecule has 1 unspecified atom stereocenters. The van der Waals surface area contributed by atoms with Gasteiger partial charge in [0.15, 0.2) is 3.79 Å². The van der Waals surface area contributed by atoms with Crippen molar-refractivity contribution in [1.82, 2.24) is 0 Å². The summed E-state index contributed by atoms with van der Waals surface area (Å²) in [5.41, 5.74) is 1.59. The van der Waals surface area contributed by atoms with Crippen molar-refractivity contribution >= 4 is 34.8 Å². The molecule has 3 rings (SSSR count). The maximum absolute atomic E-state index is 5.91. The van der Waals surface area contributed by atoms with Crippen LogP contribution in [0, 0.1) is 0 Å². The second-order valence-electron chi connectivity index (χ2n) is 5.38. The number of benzene rings is 2. The molecule has 0 aromatic heterocycles. The number of halogens is 3. The first-order valence-corrected chi connectivity index (χ1v) is 8.08. The van der Waals surface area contributed by atoms with Crippen LogP contribution in [-0.2, 0) is 16.9 Å². The van der Waals surface area contributed by atoms with E-state index in [1.807, 2.05) is 54.6 Å². The van der Waals surface area contributed by atoms with Gasteiger partial charge in [0.2, 0.25) is 0 Å². The third-order valence-corrected chi connectivity index (χ3v) is 3.99. The van der Waals surface area contributed by atoms with Crippen LogP contribution in [0.25, 0.3) is 0 Å². The van der Waals surface area contributed by atoms with Gasteiger partial charge in [-0.15, -0.1) is 0 Å². The maximum atomic E-state index is 5.91. The van der Waals surface area contributed by atoms with Crippen molar-refractivity contribution in [3.63, 3.8) is 0 Å². The molecule has 1 saturated heterocycles. The summed E-state index contributed by atoms with van der Waals surface area (Å²) in [5, 5.41) is 0. The van der Waals surface area contributed by atoms with Crippen LogP contribution in [0.3, 0.4) is 0 Å². The lowest BCUT2D eigenvalue weighted by Crippen LogP contribution is -2.18. The largest absolute Gasteiger partial charge is 0.489 e. The Morgan fingerprint density at radius 3 is 2.41 bits per heavy atom. The molecule has 2 nitrogen and oxygen atoms in total. The summed E-state index contributed by atoms with van der Waals surface area (Å²) in [6, 6.07) is 17.8. The summed E-state index contributed by atoms with van der Waals surface area (Å²) in [7, 11) is 0. The van der Waals surface area contributed by atoms with Crippen molar-refractivity contribution in [1.29, 1.82) is 0 Å². The highest BCUT2D eigenvalue weighted by Crippen LogP contribution is 2.50. The third kappa shape index (κ3) is 4.08. The topological polar surface area (TPSA) is 21.8 Å². The van der Waals surface area contributed by atoms with Crippen LogP contribution in [0.4, 0.5) is 0 Å². The van der Waals surface area contributed by atoms with Gasteiger partial charge in [0.05, 0.1) is 6.61 Å². The molecule has 0 spiro atoms. The van der Waals surface area contributed by atoms with Crippen molar-refractivity contribution in [2.75, 3.05) is 6.61 Å². The molecule has 0 aliphatic carbocycles. The number of hydrogen-bond donors (Lipinski definition) is 0. The predicted molar refractivity (Wildman–Crippen MR) is 89.8 cm³/mol. The lowest BCUT2D eigenvalue weighted by molar-refractivity contribution is 0.288. The highest BCUT2D eigenvalue weighted by Gasteiger charge is 2.51. The van der Waals surface area contributed by atoms with E-state index in [2.05, 4.69) is 0 Å². The molecule has 0 N–H and O–H groups in total. The lowest BCUT2D eigenvalue weighted by atomic mass is 9.97. The van der Waals surface area contributed by atoms with E-state index in [0.717, 1.165) is 16.9 Å². The summed E-state index contributed by atoms with van der Waals surface area (Å²) in [6.07, 6.45) is 0.326. The van der Waals surface area contributed by atoms with Gasteiger partial charge in [-0.2, -0.15) is 0 Å². The normalized spacial score (nSPS) is 20.7. The van der Waals surface area contributed by atoms with Gasteiger partial charge in [-0.3, -0.25) is 0 Å². The molecule has 0 bridgehead atoms. The van der Waals surface area contributed by atoms with Crippen LogP contribution in [0.2, 0.25) is 0 Å². The SMILES string of the molecule is ClC(Cl)(Cl)CC1(c2cccc(OCc3ccccc3)c2)CO1. The third-order valence-electron chi connectivity index (χ3n) is 3.59. The Bertz CT molecular complexity index is 634. The molecule has 0 radical (unpaired) electrons. The zero-order valence-electron chi connectivity index (χ0n) is 11.8. The van der Waals surface area contributed by atoms with Crippen molar-refractivity contribution in [3.8, 4) is 5.75 Å². The van der Waals surface area contributed by atoms with Crippen LogP contribution in [0.5, 0.6) is 5.75 Å². The smallest absolute Gasteiger partial charge is 0.193 e. The van der Waals surface area contributed by atoms with Crippen LogP contribution in [0.15, 0.2) is 54.6 Å². The van der Waals surface area contributed by atoms with Gasteiger partial charge in [0.25, 0.3) is 0 Å². The lowest BCUT2D eigenvalue weighted by Gasteiger charge is -2.18. The summed E-state index contributed by atoms with van der Waals surface area (Å²) in [6.45, 7) is 1.08. The number of alkyl halides is 3.